The number of esters is 2. The lowest BCUT2D eigenvalue weighted by Gasteiger charge is -2.13. The highest BCUT2D eigenvalue weighted by Gasteiger charge is 2.12. The van der Waals surface area contributed by atoms with Gasteiger partial charge < -0.3 is 25.8 Å². The van der Waals surface area contributed by atoms with Crippen molar-refractivity contribution in [1.82, 2.24) is 21.3 Å². The van der Waals surface area contributed by atoms with Crippen molar-refractivity contribution in [2.45, 2.75) is 123 Å². The SMILES string of the molecule is CCCCCCCC(=O)OCC(N)COC(=O)CCCCCCCNC(=O)NC(=O)NC(=O)NCCCCCC. The van der Waals surface area contributed by atoms with E-state index < -0.39 is 24.1 Å². The molecule has 0 fully saturated rings. The van der Waals surface area contributed by atoms with Gasteiger partial charge in [0.2, 0.25) is 0 Å². The zero-order chi connectivity index (χ0) is 29.8. The second kappa shape index (κ2) is 26.3. The van der Waals surface area contributed by atoms with E-state index in [9.17, 15) is 24.0 Å². The van der Waals surface area contributed by atoms with Gasteiger partial charge in [-0.1, -0.05) is 78.1 Å². The smallest absolute Gasteiger partial charge is 0.330 e. The van der Waals surface area contributed by atoms with Crippen LogP contribution in [-0.2, 0) is 19.1 Å². The first-order valence-electron chi connectivity index (χ1n) is 15.0. The lowest BCUT2D eigenvalue weighted by molar-refractivity contribution is -0.147. The number of urea groups is 3. The second-order valence-corrected chi connectivity index (χ2v) is 9.96. The van der Waals surface area contributed by atoms with Gasteiger partial charge in [0.1, 0.15) is 13.2 Å². The Morgan fingerprint density at radius 1 is 0.550 bits per heavy atom. The molecule has 12 heteroatoms. The lowest BCUT2D eigenvalue weighted by atomic mass is 10.1. The van der Waals surface area contributed by atoms with E-state index in [4.69, 9.17) is 15.2 Å². The Labute approximate surface area is 239 Å². The number of imide groups is 2. The number of hydrogen-bond acceptors (Lipinski definition) is 8. The normalized spacial score (nSPS) is 11.3. The van der Waals surface area contributed by atoms with Crippen molar-refractivity contribution in [2.24, 2.45) is 5.73 Å². The maximum atomic E-state index is 11.9. The number of unbranched alkanes of at least 4 members (excludes halogenated alkanes) is 11. The van der Waals surface area contributed by atoms with Gasteiger partial charge in [-0.3, -0.25) is 20.2 Å². The van der Waals surface area contributed by atoms with E-state index in [0.29, 0.717) is 32.4 Å². The Balaban J connectivity index is 3.63. The molecule has 0 aliphatic rings. The number of hydrogen-bond donors (Lipinski definition) is 5. The molecule has 0 rings (SSSR count). The predicted octanol–water partition coefficient (Wildman–Crippen LogP) is 4.40. The molecule has 0 saturated carbocycles. The molecule has 0 saturated heterocycles. The molecule has 0 aromatic carbocycles. The Hall–Kier alpha value is -2.89. The van der Waals surface area contributed by atoms with Crippen molar-refractivity contribution in [3.8, 4) is 0 Å². The third-order valence-corrected chi connectivity index (χ3v) is 6.01. The number of amides is 6. The van der Waals surface area contributed by atoms with Crippen LogP contribution in [0.5, 0.6) is 0 Å². The molecule has 0 heterocycles. The number of nitrogens with two attached hydrogens (primary N) is 1. The van der Waals surface area contributed by atoms with Crippen molar-refractivity contribution >= 4 is 30.0 Å². The molecule has 6 amide bonds. The minimum Gasteiger partial charge on any atom is -0.464 e. The van der Waals surface area contributed by atoms with Crippen molar-refractivity contribution < 1.29 is 33.4 Å². The van der Waals surface area contributed by atoms with E-state index in [1.807, 2.05) is 10.6 Å². The summed E-state index contributed by atoms with van der Waals surface area (Å²) in [4.78, 5) is 58.6. The quantitative estimate of drug-likeness (QED) is 0.0884. The molecule has 6 N–H and O–H groups in total. The molecular formula is C28H53N5O7. The zero-order valence-corrected chi connectivity index (χ0v) is 24.7. The van der Waals surface area contributed by atoms with Crippen LogP contribution in [0, 0.1) is 0 Å². The molecule has 1 atom stereocenters. The minimum atomic E-state index is -0.884. The summed E-state index contributed by atoms with van der Waals surface area (Å²) in [5, 5.41) is 9.22. The minimum absolute atomic E-state index is 0.0120. The first-order valence-corrected chi connectivity index (χ1v) is 15.0. The van der Waals surface area contributed by atoms with E-state index in [1.54, 1.807) is 0 Å². The third-order valence-electron chi connectivity index (χ3n) is 6.01. The van der Waals surface area contributed by atoms with Gasteiger partial charge in [0.25, 0.3) is 0 Å². The fourth-order valence-electron chi connectivity index (χ4n) is 3.67. The summed E-state index contributed by atoms with van der Waals surface area (Å²) in [6.07, 6.45) is 13.9. The fourth-order valence-corrected chi connectivity index (χ4v) is 3.67. The van der Waals surface area contributed by atoms with Crippen molar-refractivity contribution in [2.75, 3.05) is 26.3 Å². The summed E-state index contributed by atoms with van der Waals surface area (Å²) < 4.78 is 10.3. The predicted molar refractivity (Wildman–Crippen MR) is 154 cm³/mol. The second-order valence-electron chi connectivity index (χ2n) is 9.96. The van der Waals surface area contributed by atoms with Crippen LogP contribution in [0.15, 0.2) is 0 Å². The fraction of sp³-hybridized carbons (Fsp3) is 0.821. The number of nitrogens with one attached hydrogen (secondary N) is 4. The van der Waals surface area contributed by atoms with Crippen LogP contribution in [0.1, 0.15) is 117 Å². The van der Waals surface area contributed by atoms with Crippen LogP contribution in [0.2, 0.25) is 0 Å². The first kappa shape index (κ1) is 37.1. The van der Waals surface area contributed by atoms with Crippen LogP contribution < -0.4 is 27.0 Å². The van der Waals surface area contributed by atoms with Gasteiger partial charge in [-0.15, -0.1) is 0 Å². The van der Waals surface area contributed by atoms with Crippen LogP contribution in [0.3, 0.4) is 0 Å². The molecule has 0 aromatic rings. The summed E-state index contributed by atoms with van der Waals surface area (Å²) in [6.45, 7) is 5.13. The molecular weight excluding hydrogens is 518 g/mol. The number of ether oxygens (including phenoxy) is 2. The summed E-state index contributed by atoms with van der Waals surface area (Å²) in [5.74, 6) is -0.605. The number of rotatable bonds is 23. The van der Waals surface area contributed by atoms with Gasteiger partial charge in [-0.2, -0.15) is 0 Å². The topological polar surface area (TPSA) is 178 Å². The summed E-state index contributed by atoms with van der Waals surface area (Å²) in [6, 6.07) is -2.74. The van der Waals surface area contributed by atoms with Crippen LogP contribution in [-0.4, -0.2) is 62.4 Å². The van der Waals surface area contributed by atoms with E-state index in [1.165, 1.54) is 6.42 Å². The molecule has 0 radical (unpaired) electrons. The number of carbonyl (C=O) groups is 5. The average molecular weight is 572 g/mol. The molecule has 0 bridgehead atoms. The molecule has 0 aromatic heterocycles. The summed E-state index contributed by atoms with van der Waals surface area (Å²) >= 11 is 0. The Kier molecular flexibility index (Phi) is 24.4. The molecule has 0 aliphatic carbocycles. The lowest BCUT2D eigenvalue weighted by Crippen LogP contribution is -2.49. The molecule has 232 valence electrons. The standard InChI is InChI=1S/C28H53N5O7/c1-3-5-7-10-13-17-24(34)39-21-23(29)22-40-25(35)18-14-11-9-12-16-20-31-27(37)33-28(38)32-26(36)30-19-15-8-6-4-2/h23H,3-22,29H2,1-2H3,(H4,30,31,32,33,36,37,38). The Bertz CT molecular complexity index is 721. The molecule has 40 heavy (non-hydrogen) atoms. The van der Waals surface area contributed by atoms with E-state index in [-0.39, 0.29) is 31.6 Å². The highest BCUT2D eigenvalue weighted by molar-refractivity contribution is 6.01. The maximum absolute atomic E-state index is 11.9. The van der Waals surface area contributed by atoms with Gasteiger partial charge in [0.15, 0.2) is 0 Å². The van der Waals surface area contributed by atoms with Crippen molar-refractivity contribution in [1.29, 1.82) is 0 Å². The van der Waals surface area contributed by atoms with Crippen LogP contribution in [0.4, 0.5) is 14.4 Å². The largest absolute Gasteiger partial charge is 0.464 e. The van der Waals surface area contributed by atoms with E-state index >= 15 is 0 Å². The van der Waals surface area contributed by atoms with E-state index in [2.05, 4.69) is 24.5 Å². The van der Waals surface area contributed by atoms with Gasteiger partial charge >= 0.3 is 30.0 Å². The highest BCUT2D eigenvalue weighted by atomic mass is 16.5. The Morgan fingerprint density at radius 3 is 1.38 bits per heavy atom. The summed E-state index contributed by atoms with van der Waals surface area (Å²) in [5.41, 5.74) is 5.86. The first-order chi connectivity index (χ1) is 19.3. The maximum Gasteiger partial charge on any atom is 0.330 e. The average Bonchev–Trinajstić information content (AvgIpc) is 2.91. The molecule has 0 aliphatic heterocycles. The van der Waals surface area contributed by atoms with Crippen molar-refractivity contribution in [3.05, 3.63) is 0 Å². The van der Waals surface area contributed by atoms with Crippen molar-refractivity contribution in [3.63, 3.8) is 0 Å². The monoisotopic (exact) mass is 571 g/mol. The van der Waals surface area contributed by atoms with Crippen LogP contribution >= 0.6 is 0 Å². The number of carbonyl (C=O) groups excluding carboxylic acids is 5. The Morgan fingerprint density at radius 2 is 0.925 bits per heavy atom. The van der Waals surface area contributed by atoms with E-state index in [0.717, 1.165) is 70.6 Å². The molecule has 12 nitrogen and oxygen atoms in total. The van der Waals surface area contributed by atoms with Crippen LogP contribution in [0.25, 0.3) is 0 Å². The highest BCUT2D eigenvalue weighted by Crippen LogP contribution is 2.07. The van der Waals surface area contributed by atoms with Gasteiger partial charge in [-0.05, 0) is 25.7 Å². The van der Waals surface area contributed by atoms with Gasteiger partial charge in [-0.25, -0.2) is 14.4 Å². The third kappa shape index (κ3) is 25.4. The van der Waals surface area contributed by atoms with Gasteiger partial charge in [0.05, 0.1) is 6.04 Å². The summed E-state index contributed by atoms with van der Waals surface area (Å²) in [7, 11) is 0. The van der Waals surface area contributed by atoms with Gasteiger partial charge in [0, 0.05) is 25.9 Å². The zero-order valence-electron chi connectivity index (χ0n) is 24.7. The molecule has 0 spiro atoms. The molecule has 1 unspecified atom stereocenters.